The number of nitrogens with zero attached hydrogens (tertiary/aromatic N) is 6. The molecule has 0 atom stereocenters. The Balaban J connectivity index is 2.19. The molecule has 1 fully saturated rings. The van der Waals surface area contributed by atoms with Gasteiger partial charge in [-0.2, -0.15) is 0 Å². The summed E-state index contributed by atoms with van der Waals surface area (Å²) in [6.45, 7) is 1.39. The van der Waals surface area contributed by atoms with Gasteiger partial charge in [-0.3, -0.25) is 9.68 Å². The van der Waals surface area contributed by atoms with E-state index < -0.39 is 6.79 Å². The summed E-state index contributed by atoms with van der Waals surface area (Å²) in [6, 6.07) is 0. The van der Waals surface area contributed by atoms with Crippen LogP contribution in [0.3, 0.4) is 0 Å². The second-order valence-corrected chi connectivity index (χ2v) is 4.57. The molecule has 1 heterocycles. The fourth-order valence-corrected chi connectivity index (χ4v) is 1.88. The Labute approximate surface area is 119 Å². The van der Waals surface area contributed by atoms with E-state index in [1.807, 2.05) is 0 Å². The first kappa shape index (κ1) is 15.5. The van der Waals surface area contributed by atoms with Crippen LogP contribution in [0.5, 0.6) is 0 Å². The molecule has 1 rings (SSSR count). The third-order valence-corrected chi connectivity index (χ3v) is 2.74. The molecule has 0 aromatic heterocycles. The first-order chi connectivity index (χ1) is 9.15. The lowest BCUT2D eigenvalue weighted by atomic mass is 10.4. The van der Waals surface area contributed by atoms with Crippen LogP contribution in [-0.4, -0.2) is 58.8 Å². The monoisotopic (exact) mass is 340 g/mol. The predicted molar refractivity (Wildman–Crippen MR) is 66.4 cm³/mol. The van der Waals surface area contributed by atoms with Gasteiger partial charge in [-0.05, 0) is 12.8 Å². The molecule has 11 heteroatoms. The van der Waals surface area contributed by atoms with Crippen LogP contribution in [0.4, 0.5) is 0 Å². The SMILES string of the molecule is CN(CCBr)/[N+]([O-])=N/OCO/N=[N+](\[O-])N1CCCC1. The molecule has 0 bridgehead atoms. The predicted octanol–water partition coefficient (Wildman–Crippen LogP) is 0.985. The fourth-order valence-electron chi connectivity index (χ4n) is 1.36. The topological polar surface area (TPSA) is 102 Å². The van der Waals surface area contributed by atoms with E-state index in [2.05, 4.69) is 36.2 Å². The van der Waals surface area contributed by atoms with Gasteiger partial charge in [0.1, 0.15) is 0 Å². The van der Waals surface area contributed by atoms with Crippen molar-refractivity contribution in [1.82, 2.24) is 10.0 Å². The summed E-state index contributed by atoms with van der Waals surface area (Å²) >= 11 is 3.19. The Bertz CT molecular complexity index is 322. The summed E-state index contributed by atoms with van der Waals surface area (Å²) in [5.74, 6) is 0. The van der Waals surface area contributed by atoms with Crippen molar-refractivity contribution in [2.45, 2.75) is 12.8 Å². The van der Waals surface area contributed by atoms with Crippen molar-refractivity contribution in [3.8, 4) is 0 Å². The first-order valence-corrected chi connectivity index (χ1v) is 6.89. The van der Waals surface area contributed by atoms with Gasteiger partial charge >= 0.3 is 0 Å². The zero-order valence-electron chi connectivity index (χ0n) is 10.6. The third-order valence-electron chi connectivity index (χ3n) is 2.39. The minimum absolute atomic E-state index is 0.278. The number of alkyl halides is 1. The van der Waals surface area contributed by atoms with Gasteiger partial charge in [-0.15, -0.1) is 10.0 Å². The lowest BCUT2D eigenvalue weighted by molar-refractivity contribution is -0.714. The zero-order valence-corrected chi connectivity index (χ0v) is 12.2. The maximum atomic E-state index is 11.3. The molecule has 10 nitrogen and oxygen atoms in total. The molecule has 1 saturated heterocycles. The highest BCUT2D eigenvalue weighted by Gasteiger charge is 2.18. The highest BCUT2D eigenvalue weighted by atomic mass is 79.9. The molecule has 0 amide bonds. The molecule has 0 saturated carbocycles. The second-order valence-electron chi connectivity index (χ2n) is 3.78. The quantitative estimate of drug-likeness (QED) is 0.163. The average molecular weight is 341 g/mol. The molecule has 0 aliphatic carbocycles. The number of halogens is 1. The molecule has 0 radical (unpaired) electrons. The number of hydrazine groups is 2. The van der Waals surface area contributed by atoms with Crippen LogP contribution in [0.25, 0.3) is 0 Å². The van der Waals surface area contributed by atoms with Gasteiger partial charge in [0.2, 0.25) is 10.6 Å². The van der Waals surface area contributed by atoms with E-state index in [9.17, 15) is 10.4 Å². The van der Waals surface area contributed by atoms with Gasteiger partial charge in [0.25, 0.3) is 6.79 Å². The van der Waals surface area contributed by atoms with Crippen molar-refractivity contribution in [3.63, 3.8) is 0 Å². The van der Waals surface area contributed by atoms with Crippen LogP contribution >= 0.6 is 15.9 Å². The summed E-state index contributed by atoms with van der Waals surface area (Å²) in [6.07, 6.45) is 1.93. The second kappa shape index (κ2) is 8.56. The Morgan fingerprint density at radius 2 is 1.89 bits per heavy atom. The number of hydrogen-bond donors (Lipinski definition) is 0. The molecular formula is C8H17BrN6O4. The molecule has 110 valence electrons. The van der Waals surface area contributed by atoms with E-state index in [0.29, 0.717) is 29.9 Å². The van der Waals surface area contributed by atoms with Gasteiger partial charge < -0.3 is 10.4 Å². The molecule has 0 aromatic rings. The van der Waals surface area contributed by atoms with E-state index in [1.165, 1.54) is 10.0 Å². The van der Waals surface area contributed by atoms with Gasteiger partial charge in [-0.1, -0.05) is 15.9 Å². The van der Waals surface area contributed by atoms with Gasteiger partial charge in [0.15, 0.2) is 0 Å². The Morgan fingerprint density at radius 1 is 1.26 bits per heavy atom. The van der Waals surface area contributed by atoms with E-state index >= 15 is 0 Å². The van der Waals surface area contributed by atoms with Crippen LogP contribution in [0.15, 0.2) is 10.6 Å². The van der Waals surface area contributed by atoms with Crippen LogP contribution in [0, 0.1) is 10.4 Å². The lowest BCUT2D eigenvalue weighted by Crippen LogP contribution is -2.28. The molecule has 1 aliphatic rings. The summed E-state index contributed by atoms with van der Waals surface area (Å²) in [4.78, 5) is 9.80. The first-order valence-electron chi connectivity index (χ1n) is 5.77. The standard InChI is InChI=1S/C8H17BrN6O4/c1-12(7-4-9)14(16)10-18-8-19-11-15(17)13-5-2-3-6-13/h2-8H2,1H3/b14-10-,15-11-. The van der Waals surface area contributed by atoms with E-state index in [-0.39, 0.29) is 4.97 Å². The summed E-state index contributed by atoms with van der Waals surface area (Å²) in [5, 5.41) is 32.4. The Kier molecular flexibility index (Phi) is 7.00. The fraction of sp³-hybridized carbons (Fsp3) is 1.00. The van der Waals surface area contributed by atoms with Crippen molar-refractivity contribution in [1.29, 1.82) is 0 Å². The molecular weight excluding hydrogens is 324 g/mol. The van der Waals surface area contributed by atoms with Crippen molar-refractivity contribution in [3.05, 3.63) is 10.4 Å². The summed E-state index contributed by atoms with van der Waals surface area (Å²) in [7, 11) is 1.55. The van der Waals surface area contributed by atoms with Crippen molar-refractivity contribution < 1.29 is 19.6 Å². The zero-order chi connectivity index (χ0) is 14.1. The molecule has 0 N–H and O–H groups in total. The number of rotatable bonds is 8. The highest BCUT2D eigenvalue weighted by Crippen LogP contribution is 2.07. The highest BCUT2D eigenvalue weighted by molar-refractivity contribution is 9.09. The van der Waals surface area contributed by atoms with Crippen LogP contribution in [0.2, 0.25) is 0 Å². The summed E-state index contributed by atoms with van der Waals surface area (Å²) < 4.78 is 0. The Morgan fingerprint density at radius 3 is 2.53 bits per heavy atom. The normalized spacial score (nSPS) is 16.6. The molecule has 0 aromatic carbocycles. The van der Waals surface area contributed by atoms with Crippen LogP contribution in [-0.2, 0) is 9.68 Å². The molecule has 0 spiro atoms. The minimum atomic E-state index is -0.409. The van der Waals surface area contributed by atoms with Crippen molar-refractivity contribution in [2.75, 3.05) is 38.8 Å². The molecule has 19 heavy (non-hydrogen) atoms. The minimum Gasteiger partial charge on any atom is -0.569 e. The number of hydrogen-bond acceptors (Lipinski definition) is 6. The van der Waals surface area contributed by atoms with E-state index in [4.69, 9.17) is 0 Å². The van der Waals surface area contributed by atoms with Gasteiger partial charge in [-0.25, -0.2) is 0 Å². The van der Waals surface area contributed by atoms with Crippen molar-refractivity contribution in [2.24, 2.45) is 10.6 Å². The van der Waals surface area contributed by atoms with Crippen LogP contribution < -0.4 is 0 Å². The Hall–Kier alpha value is -1.52. The lowest BCUT2D eigenvalue weighted by Gasteiger charge is -2.10. The van der Waals surface area contributed by atoms with Gasteiger partial charge in [0.05, 0.1) is 36.6 Å². The summed E-state index contributed by atoms with van der Waals surface area (Å²) in [5.41, 5.74) is 0. The maximum Gasteiger partial charge on any atom is 0.292 e. The third kappa shape index (κ3) is 5.77. The smallest absolute Gasteiger partial charge is 0.292 e. The maximum absolute atomic E-state index is 11.3. The van der Waals surface area contributed by atoms with Crippen molar-refractivity contribution >= 4 is 15.9 Å². The largest absolute Gasteiger partial charge is 0.569 e. The molecule has 0 unspecified atom stereocenters. The van der Waals surface area contributed by atoms with E-state index in [1.54, 1.807) is 7.05 Å². The van der Waals surface area contributed by atoms with E-state index in [0.717, 1.165) is 12.8 Å². The average Bonchev–Trinajstić information content (AvgIpc) is 2.92. The van der Waals surface area contributed by atoms with Crippen LogP contribution in [0.1, 0.15) is 12.8 Å². The molecule has 1 aliphatic heterocycles. The van der Waals surface area contributed by atoms with Gasteiger partial charge in [0, 0.05) is 5.33 Å².